The summed E-state index contributed by atoms with van der Waals surface area (Å²) in [7, 11) is 0. The molecule has 7 nitrogen and oxygen atoms in total. The van der Waals surface area contributed by atoms with Crippen LogP contribution in [-0.2, 0) is 22.4 Å². The average Bonchev–Trinajstić information content (AvgIpc) is 2.98. The van der Waals surface area contributed by atoms with Crippen LogP contribution in [0.3, 0.4) is 0 Å². The Kier molecular flexibility index (Phi) is 8.68. The molecule has 5 rings (SSSR count). The first kappa shape index (κ1) is 27.0. The van der Waals surface area contributed by atoms with Gasteiger partial charge in [-0.3, -0.25) is 14.8 Å². The number of para-hydroxylation sites is 1. The van der Waals surface area contributed by atoms with Crippen LogP contribution >= 0.6 is 0 Å². The number of nitrogens with zero attached hydrogens (tertiary/aromatic N) is 2. The SMILES string of the molecule is N[C@@H](C(=O)Cc1cncc(F)c1CC[C@@H]1CN[C@H](CO)CO1)[C@@H](c1ccccc1)c1ccnc2ccccc12. The number of hydrogen-bond acceptors (Lipinski definition) is 7. The van der Waals surface area contributed by atoms with E-state index < -0.39 is 17.8 Å². The molecule has 1 fully saturated rings. The Morgan fingerprint density at radius 2 is 1.92 bits per heavy atom. The molecule has 202 valence electrons. The number of hydrogen-bond donors (Lipinski definition) is 3. The van der Waals surface area contributed by atoms with Crippen molar-refractivity contribution in [3.05, 3.63) is 107 Å². The Balaban J connectivity index is 1.39. The van der Waals surface area contributed by atoms with E-state index in [0.29, 0.717) is 37.1 Å². The number of aromatic nitrogens is 2. The van der Waals surface area contributed by atoms with Crippen LogP contribution in [-0.4, -0.2) is 58.8 Å². The summed E-state index contributed by atoms with van der Waals surface area (Å²) in [6, 6.07) is 18.5. The van der Waals surface area contributed by atoms with E-state index in [9.17, 15) is 14.3 Å². The number of halogens is 1. The van der Waals surface area contributed by atoms with E-state index in [1.165, 1.54) is 6.20 Å². The van der Waals surface area contributed by atoms with Gasteiger partial charge in [0.05, 0.1) is 43.1 Å². The van der Waals surface area contributed by atoms with E-state index in [2.05, 4.69) is 15.3 Å². The Labute approximate surface area is 227 Å². The molecule has 0 unspecified atom stereocenters. The third-order valence-corrected chi connectivity index (χ3v) is 7.47. The first-order valence-corrected chi connectivity index (χ1v) is 13.3. The number of nitrogens with two attached hydrogens (primary N) is 1. The van der Waals surface area contributed by atoms with Gasteiger partial charge in [-0.2, -0.15) is 0 Å². The number of fused-ring (bicyclic) bond motifs is 1. The lowest BCUT2D eigenvalue weighted by Crippen LogP contribution is -2.48. The molecule has 0 spiro atoms. The van der Waals surface area contributed by atoms with E-state index in [4.69, 9.17) is 10.5 Å². The van der Waals surface area contributed by atoms with Crippen LogP contribution in [0.4, 0.5) is 4.39 Å². The molecule has 0 radical (unpaired) electrons. The lowest BCUT2D eigenvalue weighted by molar-refractivity contribution is -0.119. The number of benzene rings is 2. The topological polar surface area (TPSA) is 110 Å². The van der Waals surface area contributed by atoms with E-state index in [0.717, 1.165) is 22.0 Å². The van der Waals surface area contributed by atoms with E-state index in [1.54, 1.807) is 12.4 Å². The van der Waals surface area contributed by atoms with Gasteiger partial charge in [0.15, 0.2) is 5.78 Å². The predicted molar refractivity (Wildman–Crippen MR) is 148 cm³/mol. The maximum Gasteiger partial charge on any atom is 0.154 e. The van der Waals surface area contributed by atoms with Gasteiger partial charge >= 0.3 is 0 Å². The van der Waals surface area contributed by atoms with Gasteiger partial charge in [0.25, 0.3) is 0 Å². The molecule has 39 heavy (non-hydrogen) atoms. The van der Waals surface area contributed by atoms with Crippen molar-refractivity contribution >= 4 is 16.7 Å². The summed E-state index contributed by atoms with van der Waals surface area (Å²) in [6.45, 7) is 0.998. The summed E-state index contributed by atoms with van der Waals surface area (Å²) in [5, 5.41) is 13.5. The normalized spacial score (nSPS) is 19.1. The molecule has 0 saturated carbocycles. The van der Waals surface area contributed by atoms with Crippen LogP contribution in [0.1, 0.15) is 34.6 Å². The van der Waals surface area contributed by atoms with Crippen molar-refractivity contribution in [3.8, 4) is 0 Å². The number of carbonyl (C=O) groups is 1. The molecule has 0 amide bonds. The smallest absolute Gasteiger partial charge is 0.154 e. The Hall–Kier alpha value is -3.56. The quantitative estimate of drug-likeness (QED) is 0.290. The number of ether oxygens (including phenoxy) is 1. The highest BCUT2D eigenvalue weighted by molar-refractivity contribution is 5.90. The molecule has 4 N–H and O–H groups in total. The molecule has 2 aromatic carbocycles. The second-order valence-corrected chi connectivity index (χ2v) is 10.0. The summed E-state index contributed by atoms with van der Waals surface area (Å²) in [4.78, 5) is 22.2. The lowest BCUT2D eigenvalue weighted by atomic mass is 9.81. The van der Waals surface area contributed by atoms with Gasteiger partial charge in [0.2, 0.25) is 0 Å². The van der Waals surface area contributed by atoms with Crippen molar-refractivity contribution in [2.45, 2.75) is 43.4 Å². The average molecular weight is 529 g/mol. The number of carbonyl (C=O) groups excluding carboxylic acids is 1. The number of aliphatic hydroxyl groups is 1. The highest BCUT2D eigenvalue weighted by atomic mass is 19.1. The second-order valence-electron chi connectivity index (χ2n) is 10.0. The first-order valence-electron chi connectivity index (χ1n) is 13.3. The molecule has 0 bridgehead atoms. The third-order valence-electron chi connectivity index (χ3n) is 7.47. The lowest BCUT2D eigenvalue weighted by Gasteiger charge is -2.29. The highest BCUT2D eigenvalue weighted by Crippen LogP contribution is 2.33. The van der Waals surface area contributed by atoms with Crippen LogP contribution in [0, 0.1) is 5.82 Å². The minimum Gasteiger partial charge on any atom is -0.395 e. The van der Waals surface area contributed by atoms with Crippen molar-refractivity contribution in [3.63, 3.8) is 0 Å². The van der Waals surface area contributed by atoms with Gasteiger partial charge in [-0.25, -0.2) is 4.39 Å². The van der Waals surface area contributed by atoms with Crippen LogP contribution in [0.25, 0.3) is 10.9 Å². The van der Waals surface area contributed by atoms with Gasteiger partial charge in [0.1, 0.15) is 5.82 Å². The number of rotatable bonds is 10. The fourth-order valence-electron chi connectivity index (χ4n) is 5.33. The number of ketones is 1. The van der Waals surface area contributed by atoms with Gasteiger partial charge in [-0.1, -0.05) is 48.5 Å². The summed E-state index contributed by atoms with van der Waals surface area (Å²) >= 11 is 0. The second kappa shape index (κ2) is 12.5. The molecule has 2 aromatic heterocycles. The van der Waals surface area contributed by atoms with Gasteiger partial charge < -0.3 is 20.9 Å². The zero-order chi connectivity index (χ0) is 27.2. The number of aliphatic hydroxyl groups excluding tert-OH is 1. The molecular formula is C31H33FN4O3. The van der Waals surface area contributed by atoms with Crippen molar-refractivity contribution in [2.75, 3.05) is 19.8 Å². The van der Waals surface area contributed by atoms with Gasteiger partial charge in [-0.15, -0.1) is 0 Å². The molecule has 3 heterocycles. The Bertz CT molecular complexity index is 1400. The number of pyridine rings is 2. The minimum absolute atomic E-state index is 0.0114. The molecule has 0 aliphatic carbocycles. The zero-order valence-corrected chi connectivity index (χ0v) is 21.7. The fourth-order valence-corrected chi connectivity index (χ4v) is 5.33. The maximum absolute atomic E-state index is 14.9. The molecule has 8 heteroatoms. The van der Waals surface area contributed by atoms with Crippen LogP contribution in [0.15, 0.2) is 79.3 Å². The molecule has 4 aromatic rings. The van der Waals surface area contributed by atoms with Crippen molar-refractivity contribution in [1.82, 2.24) is 15.3 Å². The predicted octanol–water partition coefficient (Wildman–Crippen LogP) is 3.32. The summed E-state index contributed by atoms with van der Waals surface area (Å²) in [6.07, 6.45) is 5.34. The van der Waals surface area contributed by atoms with Crippen molar-refractivity contribution in [1.29, 1.82) is 0 Å². The number of morpholine rings is 1. The number of nitrogens with one attached hydrogen (secondary N) is 1. The van der Waals surface area contributed by atoms with Gasteiger partial charge in [0, 0.05) is 36.7 Å². The van der Waals surface area contributed by atoms with Crippen LogP contribution in [0.2, 0.25) is 0 Å². The summed E-state index contributed by atoms with van der Waals surface area (Å²) < 4.78 is 20.7. The monoisotopic (exact) mass is 528 g/mol. The van der Waals surface area contributed by atoms with Crippen LogP contribution < -0.4 is 11.1 Å². The standard InChI is InChI=1S/C31H33FN4O3/c32-27-17-34-15-21(24(27)11-10-23-16-36-22(18-37)19-39-23)14-29(38)31(33)30(20-6-2-1-3-7-20)26-12-13-35-28-9-5-4-8-25(26)28/h1-9,12-13,15,17,22-23,30-31,36-37H,10-11,14,16,18-19,33H2/t22-,23-,30+,31+/m1/s1. The van der Waals surface area contributed by atoms with E-state index in [-0.39, 0.29) is 31.0 Å². The molecule has 1 aliphatic heterocycles. The van der Waals surface area contributed by atoms with E-state index in [1.807, 2.05) is 60.7 Å². The van der Waals surface area contributed by atoms with Crippen molar-refractivity contribution in [2.24, 2.45) is 5.73 Å². The van der Waals surface area contributed by atoms with Gasteiger partial charge in [-0.05, 0) is 47.2 Å². The molecular weight excluding hydrogens is 495 g/mol. The number of Topliss-reactive ketones (excluding diaryl/α,β-unsaturated/α-hetero) is 1. The fraction of sp³-hybridized carbons (Fsp3) is 0.323. The van der Waals surface area contributed by atoms with Crippen molar-refractivity contribution < 1.29 is 19.0 Å². The molecule has 4 atom stereocenters. The summed E-state index contributed by atoms with van der Waals surface area (Å²) in [5.41, 5.74) is 10.4. The van der Waals surface area contributed by atoms with E-state index >= 15 is 0 Å². The zero-order valence-electron chi connectivity index (χ0n) is 21.7. The Morgan fingerprint density at radius 1 is 1.13 bits per heavy atom. The largest absolute Gasteiger partial charge is 0.395 e. The molecule has 1 aliphatic rings. The van der Waals surface area contributed by atoms with Crippen LogP contribution in [0.5, 0.6) is 0 Å². The summed E-state index contributed by atoms with van der Waals surface area (Å²) in [5.74, 6) is -1.04. The first-order chi connectivity index (χ1) is 19.0. The highest BCUT2D eigenvalue weighted by Gasteiger charge is 2.30. The molecule has 1 saturated heterocycles. The minimum atomic E-state index is -0.865. The third kappa shape index (κ3) is 6.20. The maximum atomic E-state index is 14.9. The Morgan fingerprint density at radius 3 is 2.69 bits per heavy atom.